The van der Waals surface area contributed by atoms with Gasteiger partial charge in [0.05, 0.1) is 18.6 Å². The molecule has 3 aliphatic rings. The van der Waals surface area contributed by atoms with Crippen molar-refractivity contribution in [3.05, 3.63) is 24.2 Å². The zero-order valence-electron chi connectivity index (χ0n) is 13.0. The van der Waals surface area contributed by atoms with E-state index in [0.29, 0.717) is 16.8 Å². The fraction of sp³-hybridized carbons (Fsp3) is 0.765. The van der Waals surface area contributed by atoms with Gasteiger partial charge in [0.1, 0.15) is 0 Å². The summed E-state index contributed by atoms with van der Waals surface area (Å²) in [6.07, 6.45) is 7.64. The molecule has 5 heteroatoms. The van der Waals surface area contributed by atoms with Crippen molar-refractivity contribution in [2.45, 2.75) is 36.7 Å². The van der Waals surface area contributed by atoms with Crippen molar-refractivity contribution in [2.24, 2.45) is 5.92 Å². The third-order valence-corrected chi connectivity index (χ3v) is 6.67. The van der Waals surface area contributed by atoms with E-state index < -0.39 is 0 Å². The second-order valence-corrected chi connectivity index (χ2v) is 8.47. The third kappa shape index (κ3) is 3.37. The third-order valence-electron chi connectivity index (χ3n) is 5.09. The van der Waals surface area contributed by atoms with Crippen LogP contribution in [0.2, 0.25) is 0 Å². The van der Waals surface area contributed by atoms with Gasteiger partial charge in [0.15, 0.2) is 0 Å². The molecule has 22 heavy (non-hydrogen) atoms. The van der Waals surface area contributed by atoms with Gasteiger partial charge >= 0.3 is 0 Å². The molecule has 0 aromatic carbocycles. The lowest BCUT2D eigenvalue weighted by molar-refractivity contribution is -0.0133. The van der Waals surface area contributed by atoms with Crippen molar-refractivity contribution in [2.75, 3.05) is 38.7 Å². The SMILES string of the molecule is c1cc(CN2CC3(CC(OCC4CCOCC4)CS3)C2)co1. The Morgan fingerprint density at radius 2 is 2.18 bits per heavy atom. The van der Waals surface area contributed by atoms with Gasteiger partial charge in [-0.2, -0.15) is 0 Å². The van der Waals surface area contributed by atoms with E-state index >= 15 is 0 Å². The van der Waals surface area contributed by atoms with Crippen LogP contribution in [-0.2, 0) is 16.0 Å². The number of nitrogens with zero attached hydrogens (tertiary/aromatic N) is 1. The molecule has 4 rings (SSSR count). The van der Waals surface area contributed by atoms with E-state index in [-0.39, 0.29) is 0 Å². The Morgan fingerprint density at radius 3 is 2.95 bits per heavy atom. The maximum Gasteiger partial charge on any atom is 0.0947 e. The summed E-state index contributed by atoms with van der Waals surface area (Å²) in [5, 5.41) is 0. The highest BCUT2D eigenvalue weighted by atomic mass is 32.2. The summed E-state index contributed by atoms with van der Waals surface area (Å²) in [7, 11) is 0. The van der Waals surface area contributed by atoms with Crippen molar-refractivity contribution >= 4 is 11.8 Å². The maximum atomic E-state index is 6.20. The lowest BCUT2D eigenvalue weighted by Crippen LogP contribution is -2.58. The molecule has 4 nitrogen and oxygen atoms in total. The summed E-state index contributed by atoms with van der Waals surface area (Å²) >= 11 is 2.13. The minimum absolute atomic E-state index is 0.462. The van der Waals surface area contributed by atoms with Crippen molar-refractivity contribution in [1.82, 2.24) is 4.90 Å². The summed E-state index contributed by atoms with van der Waals surface area (Å²) in [5.74, 6) is 1.89. The standard InChI is InChI=1S/C17H25NO3S/c1-4-19-5-2-14(1)10-21-16-7-17(22-11-16)12-18(13-17)8-15-3-6-20-9-15/h3,6,9,14,16H,1-2,4-5,7-8,10-13H2. The van der Waals surface area contributed by atoms with Gasteiger partial charge in [-0.25, -0.2) is 0 Å². The van der Waals surface area contributed by atoms with Crippen LogP contribution in [-0.4, -0.2) is 54.4 Å². The molecule has 0 radical (unpaired) electrons. The van der Waals surface area contributed by atoms with Gasteiger partial charge in [0.2, 0.25) is 0 Å². The second-order valence-electron chi connectivity index (χ2n) is 6.99. The summed E-state index contributed by atoms with van der Waals surface area (Å²) < 4.78 is 17.2. The lowest BCUT2D eigenvalue weighted by Gasteiger charge is -2.47. The first-order chi connectivity index (χ1) is 10.8. The van der Waals surface area contributed by atoms with Crippen LogP contribution in [0.4, 0.5) is 0 Å². The van der Waals surface area contributed by atoms with Crippen LogP contribution in [0.3, 0.4) is 0 Å². The molecule has 3 fully saturated rings. The Labute approximate surface area is 136 Å². The van der Waals surface area contributed by atoms with Gasteiger partial charge in [-0.1, -0.05) is 0 Å². The molecule has 122 valence electrons. The molecule has 1 spiro atoms. The summed E-state index contributed by atoms with van der Waals surface area (Å²) in [4.78, 5) is 2.51. The molecule has 1 aromatic rings. The zero-order chi connectivity index (χ0) is 14.8. The zero-order valence-corrected chi connectivity index (χ0v) is 13.9. The van der Waals surface area contributed by atoms with E-state index in [1.54, 1.807) is 6.26 Å². The van der Waals surface area contributed by atoms with Crippen LogP contribution in [0.1, 0.15) is 24.8 Å². The first kappa shape index (κ1) is 15.1. The fourth-order valence-corrected chi connectivity index (χ4v) is 5.44. The second kappa shape index (κ2) is 6.56. The van der Waals surface area contributed by atoms with Gasteiger partial charge in [-0.3, -0.25) is 4.90 Å². The Hall–Kier alpha value is -0.490. The Balaban J connectivity index is 1.18. The molecular formula is C17H25NO3S. The number of hydrogen-bond acceptors (Lipinski definition) is 5. The van der Waals surface area contributed by atoms with Gasteiger partial charge in [0, 0.05) is 55.5 Å². The largest absolute Gasteiger partial charge is 0.472 e. The van der Waals surface area contributed by atoms with Crippen LogP contribution in [0.5, 0.6) is 0 Å². The van der Waals surface area contributed by atoms with Crippen molar-refractivity contribution in [1.29, 1.82) is 0 Å². The molecule has 4 heterocycles. The predicted molar refractivity (Wildman–Crippen MR) is 87.1 cm³/mol. The van der Waals surface area contributed by atoms with Gasteiger partial charge in [0.25, 0.3) is 0 Å². The average Bonchev–Trinajstić information content (AvgIpc) is 3.16. The first-order valence-electron chi connectivity index (χ1n) is 8.38. The van der Waals surface area contributed by atoms with Crippen molar-refractivity contribution in [3.8, 4) is 0 Å². The summed E-state index contributed by atoms with van der Waals surface area (Å²) in [6.45, 7) is 6.18. The van der Waals surface area contributed by atoms with E-state index in [4.69, 9.17) is 13.9 Å². The summed E-state index contributed by atoms with van der Waals surface area (Å²) in [5.41, 5.74) is 1.28. The van der Waals surface area contributed by atoms with Gasteiger partial charge in [-0.05, 0) is 31.2 Å². The van der Waals surface area contributed by atoms with E-state index in [1.807, 2.05) is 6.26 Å². The van der Waals surface area contributed by atoms with Gasteiger partial charge in [-0.15, -0.1) is 11.8 Å². The number of likely N-dealkylation sites (tertiary alicyclic amines) is 1. The molecule has 0 aliphatic carbocycles. The monoisotopic (exact) mass is 323 g/mol. The normalized spacial score (nSPS) is 29.0. The average molecular weight is 323 g/mol. The molecule has 1 unspecified atom stereocenters. The molecule has 3 aliphatic heterocycles. The molecule has 1 atom stereocenters. The summed E-state index contributed by atoms with van der Waals surface area (Å²) in [6, 6.07) is 2.06. The Kier molecular flexibility index (Phi) is 4.49. The molecule has 0 amide bonds. The topological polar surface area (TPSA) is 34.8 Å². The van der Waals surface area contributed by atoms with Crippen molar-refractivity contribution < 1.29 is 13.9 Å². The minimum Gasteiger partial charge on any atom is -0.472 e. The highest BCUT2D eigenvalue weighted by molar-refractivity contribution is 8.01. The highest BCUT2D eigenvalue weighted by Crippen LogP contribution is 2.46. The molecular weight excluding hydrogens is 298 g/mol. The highest BCUT2D eigenvalue weighted by Gasteiger charge is 2.49. The fourth-order valence-electron chi connectivity index (χ4n) is 3.84. The van der Waals surface area contributed by atoms with E-state index in [0.717, 1.165) is 26.4 Å². The number of hydrogen-bond donors (Lipinski definition) is 0. The number of thioether (sulfide) groups is 1. The molecule has 0 N–H and O–H groups in total. The van der Waals surface area contributed by atoms with E-state index in [9.17, 15) is 0 Å². The minimum atomic E-state index is 0.462. The van der Waals surface area contributed by atoms with Crippen molar-refractivity contribution in [3.63, 3.8) is 0 Å². The maximum absolute atomic E-state index is 6.20. The van der Waals surface area contributed by atoms with E-state index in [1.165, 1.54) is 43.7 Å². The molecule has 0 bridgehead atoms. The smallest absolute Gasteiger partial charge is 0.0947 e. The van der Waals surface area contributed by atoms with Crippen LogP contribution in [0, 0.1) is 5.92 Å². The van der Waals surface area contributed by atoms with Crippen LogP contribution in [0.25, 0.3) is 0 Å². The number of rotatable bonds is 5. The lowest BCUT2D eigenvalue weighted by atomic mass is 9.92. The molecule has 3 saturated heterocycles. The first-order valence-corrected chi connectivity index (χ1v) is 9.37. The van der Waals surface area contributed by atoms with Crippen LogP contribution < -0.4 is 0 Å². The van der Waals surface area contributed by atoms with Gasteiger partial charge < -0.3 is 13.9 Å². The van der Waals surface area contributed by atoms with E-state index in [2.05, 4.69) is 22.7 Å². The molecule has 0 saturated carbocycles. The number of ether oxygens (including phenoxy) is 2. The van der Waals surface area contributed by atoms with Crippen LogP contribution in [0.15, 0.2) is 23.0 Å². The quantitative estimate of drug-likeness (QED) is 0.832. The predicted octanol–water partition coefficient (Wildman–Crippen LogP) is 2.78. The number of furan rings is 1. The Morgan fingerprint density at radius 1 is 1.32 bits per heavy atom. The Bertz CT molecular complexity index is 466. The molecule has 1 aromatic heterocycles. The van der Waals surface area contributed by atoms with Crippen LogP contribution >= 0.6 is 11.8 Å².